The minimum absolute atomic E-state index is 0.0478. The molecule has 2 unspecified atom stereocenters. The predicted octanol–water partition coefficient (Wildman–Crippen LogP) is 1.98. The molecule has 24 heavy (non-hydrogen) atoms. The van der Waals surface area contributed by atoms with Crippen molar-refractivity contribution in [1.82, 2.24) is 14.9 Å². The number of hydrogen-bond donors (Lipinski definition) is 1. The molecule has 2 bridgehead atoms. The summed E-state index contributed by atoms with van der Waals surface area (Å²) in [6.07, 6.45) is 8.69. The van der Waals surface area contributed by atoms with E-state index < -0.39 is 0 Å². The maximum absolute atomic E-state index is 12.8. The number of carbonyl (C=O) groups excluding carboxylic acids is 1. The number of pyridine rings is 2. The Bertz CT molecular complexity index is 775. The zero-order valence-electron chi connectivity index (χ0n) is 13.2. The van der Waals surface area contributed by atoms with Gasteiger partial charge in [0.05, 0.1) is 6.20 Å². The molecule has 4 heterocycles. The maximum Gasteiger partial charge on any atom is 0.254 e. The molecule has 1 amide bonds. The highest BCUT2D eigenvalue weighted by Crippen LogP contribution is 2.38. The van der Waals surface area contributed by atoms with Crippen LogP contribution in [0.3, 0.4) is 0 Å². The molecular formula is C18H19N3O3. The second kappa shape index (κ2) is 6.11. The summed E-state index contributed by atoms with van der Waals surface area (Å²) in [6.45, 7) is 0. The van der Waals surface area contributed by atoms with Crippen molar-refractivity contribution in [2.75, 3.05) is 0 Å². The van der Waals surface area contributed by atoms with E-state index in [4.69, 9.17) is 4.74 Å². The summed E-state index contributed by atoms with van der Waals surface area (Å²) < 4.78 is 6.03. The van der Waals surface area contributed by atoms with Crippen LogP contribution in [0.25, 0.3) is 0 Å². The number of amides is 1. The number of rotatable bonds is 3. The van der Waals surface area contributed by atoms with Gasteiger partial charge in [-0.2, -0.15) is 0 Å². The van der Waals surface area contributed by atoms with Crippen LogP contribution in [0.4, 0.5) is 0 Å². The van der Waals surface area contributed by atoms with Gasteiger partial charge in [-0.05, 0) is 31.0 Å². The van der Waals surface area contributed by atoms with Crippen LogP contribution in [0.2, 0.25) is 0 Å². The van der Waals surface area contributed by atoms with Gasteiger partial charge in [-0.25, -0.2) is 0 Å². The van der Waals surface area contributed by atoms with E-state index in [2.05, 4.69) is 9.97 Å². The number of piperidine rings is 1. The van der Waals surface area contributed by atoms with Gasteiger partial charge in [-0.1, -0.05) is 0 Å². The van der Waals surface area contributed by atoms with Gasteiger partial charge in [0.1, 0.15) is 11.9 Å². The Morgan fingerprint density at radius 2 is 2.04 bits per heavy atom. The Morgan fingerprint density at radius 1 is 1.25 bits per heavy atom. The Balaban J connectivity index is 1.49. The van der Waals surface area contributed by atoms with Gasteiger partial charge in [-0.15, -0.1) is 0 Å². The third-order valence-corrected chi connectivity index (χ3v) is 4.88. The van der Waals surface area contributed by atoms with Gasteiger partial charge >= 0.3 is 0 Å². The molecule has 6 heteroatoms. The Morgan fingerprint density at radius 3 is 2.71 bits per heavy atom. The van der Waals surface area contributed by atoms with Gasteiger partial charge in [0.2, 0.25) is 5.56 Å². The first kappa shape index (κ1) is 14.9. The topological polar surface area (TPSA) is 75.3 Å². The Kier molecular flexibility index (Phi) is 3.80. The molecule has 2 fully saturated rings. The fourth-order valence-electron chi connectivity index (χ4n) is 3.89. The highest BCUT2D eigenvalue weighted by Gasteiger charge is 2.44. The van der Waals surface area contributed by atoms with E-state index in [0.29, 0.717) is 5.56 Å². The molecule has 6 nitrogen and oxygen atoms in total. The summed E-state index contributed by atoms with van der Waals surface area (Å²) >= 11 is 0. The zero-order chi connectivity index (χ0) is 16.5. The average Bonchev–Trinajstić information content (AvgIpc) is 2.86. The van der Waals surface area contributed by atoms with Crippen LogP contribution in [0, 0.1) is 0 Å². The third kappa shape index (κ3) is 2.79. The van der Waals surface area contributed by atoms with Crippen molar-refractivity contribution < 1.29 is 9.53 Å². The molecular weight excluding hydrogens is 306 g/mol. The first-order chi connectivity index (χ1) is 11.7. The molecule has 2 aliphatic rings. The number of ether oxygens (including phenoxy) is 1. The van der Waals surface area contributed by atoms with Gasteiger partial charge in [0.15, 0.2) is 0 Å². The average molecular weight is 325 g/mol. The highest BCUT2D eigenvalue weighted by atomic mass is 16.5. The fraction of sp³-hybridized carbons (Fsp3) is 0.389. The molecule has 2 aromatic rings. The van der Waals surface area contributed by atoms with Gasteiger partial charge in [0, 0.05) is 48.9 Å². The number of nitrogens with zero attached hydrogens (tertiary/aromatic N) is 2. The molecule has 2 aromatic heterocycles. The number of carbonyl (C=O) groups is 1. The van der Waals surface area contributed by atoms with E-state index in [1.54, 1.807) is 18.5 Å². The smallest absolute Gasteiger partial charge is 0.254 e. The van der Waals surface area contributed by atoms with E-state index in [1.807, 2.05) is 17.0 Å². The van der Waals surface area contributed by atoms with Crippen molar-refractivity contribution in [3.63, 3.8) is 0 Å². The fourth-order valence-corrected chi connectivity index (χ4v) is 3.89. The molecule has 0 aliphatic carbocycles. The van der Waals surface area contributed by atoms with Gasteiger partial charge < -0.3 is 14.6 Å². The van der Waals surface area contributed by atoms with Crippen molar-refractivity contribution >= 4 is 5.91 Å². The third-order valence-electron chi connectivity index (χ3n) is 4.88. The van der Waals surface area contributed by atoms with Crippen LogP contribution in [-0.4, -0.2) is 39.0 Å². The SMILES string of the molecule is O=C(c1cc[nH]c(=O)c1)N1C2CCC1CC(Oc1cccnc1)C2. The predicted molar refractivity (Wildman–Crippen MR) is 87.9 cm³/mol. The van der Waals surface area contributed by atoms with Crippen molar-refractivity contribution in [2.24, 2.45) is 0 Å². The summed E-state index contributed by atoms with van der Waals surface area (Å²) in [5, 5.41) is 0. The quantitative estimate of drug-likeness (QED) is 0.936. The van der Waals surface area contributed by atoms with Crippen LogP contribution >= 0.6 is 0 Å². The van der Waals surface area contributed by atoms with Gasteiger partial charge in [-0.3, -0.25) is 14.6 Å². The molecule has 2 aliphatic heterocycles. The molecule has 0 radical (unpaired) electrons. The standard InChI is InChI=1S/C18H19N3O3/c22-17-8-12(5-7-20-17)18(23)21-13-3-4-14(21)10-16(9-13)24-15-2-1-6-19-11-15/h1-2,5-8,11,13-14,16H,3-4,9-10H2,(H,20,22). The van der Waals surface area contributed by atoms with Crippen LogP contribution in [0.1, 0.15) is 36.0 Å². The van der Waals surface area contributed by atoms with Crippen molar-refractivity contribution in [3.8, 4) is 5.75 Å². The minimum Gasteiger partial charge on any atom is -0.489 e. The Hall–Kier alpha value is -2.63. The first-order valence-electron chi connectivity index (χ1n) is 8.29. The number of nitrogens with one attached hydrogen (secondary N) is 1. The van der Waals surface area contributed by atoms with Crippen LogP contribution in [0.5, 0.6) is 5.75 Å². The van der Waals surface area contributed by atoms with E-state index in [0.717, 1.165) is 31.4 Å². The number of aromatic amines is 1. The molecule has 2 atom stereocenters. The van der Waals surface area contributed by atoms with Crippen molar-refractivity contribution in [3.05, 3.63) is 58.8 Å². The molecule has 0 spiro atoms. The number of fused-ring (bicyclic) bond motifs is 2. The van der Waals surface area contributed by atoms with E-state index in [-0.39, 0.29) is 29.7 Å². The number of aromatic nitrogens is 2. The van der Waals surface area contributed by atoms with E-state index in [9.17, 15) is 9.59 Å². The molecule has 0 saturated carbocycles. The van der Waals surface area contributed by atoms with Crippen molar-refractivity contribution in [1.29, 1.82) is 0 Å². The first-order valence-corrected chi connectivity index (χ1v) is 8.29. The summed E-state index contributed by atoms with van der Waals surface area (Å²) in [5.74, 6) is 0.727. The highest BCUT2D eigenvalue weighted by molar-refractivity contribution is 5.94. The number of H-pyrrole nitrogens is 1. The lowest BCUT2D eigenvalue weighted by Crippen LogP contribution is -2.49. The summed E-state index contributed by atoms with van der Waals surface area (Å²) in [5.41, 5.74) is 0.213. The largest absolute Gasteiger partial charge is 0.489 e. The monoisotopic (exact) mass is 325 g/mol. The molecule has 1 N–H and O–H groups in total. The molecule has 2 saturated heterocycles. The van der Waals surface area contributed by atoms with Gasteiger partial charge in [0.25, 0.3) is 5.91 Å². The summed E-state index contributed by atoms with van der Waals surface area (Å²) in [4.78, 5) is 32.8. The maximum atomic E-state index is 12.8. The van der Waals surface area contributed by atoms with Crippen molar-refractivity contribution in [2.45, 2.75) is 43.9 Å². The lowest BCUT2D eigenvalue weighted by molar-refractivity contribution is 0.0358. The van der Waals surface area contributed by atoms with Crippen LogP contribution < -0.4 is 10.3 Å². The lowest BCUT2D eigenvalue weighted by Gasteiger charge is -2.38. The summed E-state index contributed by atoms with van der Waals surface area (Å²) in [7, 11) is 0. The van der Waals surface area contributed by atoms with E-state index in [1.165, 1.54) is 12.3 Å². The Labute approximate surface area is 139 Å². The lowest BCUT2D eigenvalue weighted by atomic mass is 9.98. The minimum atomic E-state index is -0.247. The molecule has 0 aromatic carbocycles. The zero-order valence-corrected chi connectivity index (χ0v) is 13.2. The second-order valence-corrected chi connectivity index (χ2v) is 6.44. The summed E-state index contributed by atoms with van der Waals surface area (Å²) in [6, 6.07) is 7.16. The molecule has 124 valence electrons. The number of hydrogen-bond acceptors (Lipinski definition) is 4. The normalized spacial score (nSPS) is 25.5. The second-order valence-electron chi connectivity index (χ2n) is 6.44. The van der Waals surface area contributed by atoms with Crippen LogP contribution in [0.15, 0.2) is 47.7 Å². The molecule has 4 rings (SSSR count). The van der Waals surface area contributed by atoms with E-state index >= 15 is 0 Å². The van der Waals surface area contributed by atoms with Crippen LogP contribution in [-0.2, 0) is 0 Å².